The molecule has 0 aromatic heterocycles. The molecule has 1 fully saturated rings. The minimum absolute atomic E-state index is 0.0771. The second-order valence-electron chi connectivity index (χ2n) is 7.37. The molecule has 2 N–H and O–H groups in total. The van der Waals surface area contributed by atoms with Crippen LogP contribution in [0.4, 0.5) is 5.69 Å². The van der Waals surface area contributed by atoms with Crippen molar-refractivity contribution in [2.24, 2.45) is 0 Å². The largest absolute Gasteiger partial charge is 0.487 e. The van der Waals surface area contributed by atoms with E-state index in [0.717, 1.165) is 36.1 Å². The van der Waals surface area contributed by atoms with Crippen molar-refractivity contribution in [2.75, 3.05) is 5.32 Å². The van der Waals surface area contributed by atoms with Gasteiger partial charge < -0.3 is 15.4 Å². The van der Waals surface area contributed by atoms with Crippen LogP contribution in [0.25, 0.3) is 6.08 Å². The first-order chi connectivity index (χ1) is 15.9. The van der Waals surface area contributed by atoms with Gasteiger partial charge in [0.2, 0.25) is 0 Å². The SMILES string of the molecule is CCc1ccc(N[C@H]2NC(=O)/C(=C/c3cc(I)c(OCc4ccccc4Cl)c(I)c3)S2)cc1. The fraction of sp³-hybridized carbons (Fsp3) is 0.160. The molecule has 1 aliphatic rings. The second kappa shape index (κ2) is 11.3. The Bertz CT molecular complexity index is 1180. The van der Waals surface area contributed by atoms with Crippen LogP contribution in [-0.4, -0.2) is 11.4 Å². The van der Waals surface area contributed by atoms with Crippen molar-refractivity contribution in [1.82, 2.24) is 5.32 Å². The Morgan fingerprint density at radius 1 is 1.12 bits per heavy atom. The second-order valence-corrected chi connectivity index (χ2v) is 11.2. The van der Waals surface area contributed by atoms with Crippen LogP contribution in [0.5, 0.6) is 5.75 Å². The maximum atomic E-state index is 12.5. The van der Waals surface area contributed by atoms with E-state index in [2.05, 4.69) is 74.9 Å². The molecular formula is C25H21ClI2N2O2S. The Morgan fingerprint density at radius 2 is 1.82 bits per heavy atom. The molecule has 3 aromatic rings. The summed E-state index contributed by atoms with van der Waals surface area (Å²) in [6.45, 7) is 2.53. The van der Waals surface area contributed by atoms with E-state index in [4.69, 9.17) is 16.3 Å². The van der Waals surface area contributed by atoms with Gasteiger partial charge in [-0.15, -0.1) is 0 Å². The highest BCUT2D eigenvalue weighted by molar-refractivity contribution is 14.1. The quantitative estimate of drug-likeness (QED) is 0.201. The number of nitrogens with one attached hydrogen (secondary N) is 2. The third-order valence-corrected chi connectivity index (χ3v) is 8.04. The molecule has 33 heavy (non-hydrogen) atoms. The lowest BCUT2D eigenvalue weighted by atomic mass is 10.1. The summed E-state index contributed by atoms with van der Waals surface area (Å²) < 4.78 is 8.02. The molecule has 0 aliphatic carbocycles. The van der Waals surface area contributed by atoms with Crippen molar-refractivity contribution in [3.8, 4) is 5.75 Å². The average molecular weight is 703 g/mol. The van der Waals surface area contributed by atoms with Crippen LogP contribution in [-0.2, 0) is 17.8 Å². The van der Waals surface area contributed by atoms with E-state index >= 15 is 0 Å². The first-order valence-electron chi connectivity index (χ1n) is 10.3. The maximum absolute atomic E-state index is 12.5. The Labute approximate surface area is 230 Å². The predicted molar refractivity (Wildman–Crippen MR) is 155 cm³/mol. The lowest BCUT2D eigenvalue weighted by molar-refractivity contribution is -0.116. The molecule has 1 amide bonds. The highest BCUT2D eigenvalue weighted by Crippen LogP contribution is 2.34. The Morgan fingerprint density at radius 3 is 2.48 bits per heavy atom. The van der Waals surface area contributed by atoms with Gasteiger partial charge in [-0.25, -0.2) is 0 Å². The first kappa shape index (κ1) is 24.7. The first-order valence-corrected chi connectivity index (χ1v) is 13.7. The van der Waals surface area contributed by atoms with Crippen molar-refractivity contribution >= 4 is 86.2 Å². The molecule has 170 valence electrons. The molecule has 0 unspecified atom stereocenters. The number of hydrogen-bond donors (Lipinski definition) is 2. The molecule has 8 heteroatoms. The van der Waals surface area contributed by atoms with Crippen LogP contribution in [0.15, 0.2) is 65.6 Å². The lowest BCUT2D eigenvalue weighted by Crippen LogP contribution is -2.30. The predicted octanol–water partition coefficient (Wildman–Crippen LogP) is 7.29. The van der Waals surface area contributed by atoms with E-state index < -0.39 is 0 Å². The molecule has 1 atom stereocenters. The number of rotatable bonds is 7. The van der Waals surface area contributed by atoms with Crippen LogP contribution in [0.1, 0.15) is 23.6 Å². The van der Waals surface area contributed by atoms with Gasteiger partial charge in [-0.1, -0.05) is 60.6 Å². The molecule has 1 heterocycles. The van der Waals surface area contributed by atoms with E-state index in [1.54, 1.807) is 0 Å². The lowest BCUT2D eigenvalue weighted by Gasteiger charge is -2.13. The summed E-state index contributed by atoms with van der Waals surface area (Å²) in [6.07, 6.45) is 2.92. The Kier molecular flexibility index (Phi) is 8.48. The summed E-state index contributed by atoms with van der Waals surface area (Å²) >= 11 is 12.3. The number of halogens is 3. The van der Waals surface area contributed by atoms with Crippen LogP contribution in [0, 0.1) is 7.14 Å². The van der Waals surface area contributed by atoms with Gasteiger partial charge in [-0.2, -0.15) is 0 Å². The number of benzene rings is 3. The van der Waals surface area contributed by atoms with Crippen molar-refractivity contribution in [3.63, 3.8) is 0 Å². The number of amides is 1. The summed E-state index contributed by atoms with van der Waals surface area (Å²) in [5.74, 6) is 0.739. The number of carbonyl (C=O) groups excluding carboxylic acids is 1. The van der Waals surface area contributed by atoms with E-state index in [9.17, 15) is 4.79 Å². The number of anilines is 1. The Hall–Kier alpha value is -1.43. The fourth-order valence-corrected chi connectivity index (χ4v) is 6.57. The highest BCUT2D eigenvalue weighted by atomic mass is 127. The van der Waals surface area contributed by atoms with Gasteiger partial charge in [-0.05, 0) is 99.1 Å². The third kappa shape index (κ3) is 6.37. The van der Waals surface area contributed by atoms with Gasteiger partial charge in [0.15, 0.2) is 5.50 Å². The zero-order valence-electron chi connectivity index (χ0n) is 17.7. The summed E-state index contributed by atoms with van der Waals surface area (Å²) in [5, 5.41) is 7.05. The van der Waals surface area contributed by atoms with E-state index in [1.807, 2.05) is 54.6 Å². The molecule has 0 radical (unpaired) electrons. The van der Waals surface area contributed by atoms with Crippen LogP contribution >= 0.6 is 68.5 Å². The monoisotopic (exact) mass is 702 g/mol. The molecular weight excluding hydrogens is 682 g/mol. The van der Waals surface area contributed by atoms with Gasteiger partial charge in [0.1, 0.15) is 12.4 Å². The number of aryl methyl sites for hydroxylation is 1. The van der Waals surface area contributed by atoms with Crippen LogP contribution in [0.2, 0.25) is 5.02 Å². The van der Waals surface area contributed by atoms with E-state index in [1.165, 1.54) is 17.3 Å². The molecule has 0 spiro atoms. The summed E-state index contributed by atoms with van der Waals surface area (Å²) in [6, 6.07) is 20.0. The summed E-state index contributed by atoms with van der Waals surface area (Å²) in [7, 11) is 0. The average Bonchev–Trinajstić information content (AvgIpc) is 3.13. The number of thioether (sulfide) groups is 1. The smallest absolute Gasteiger partial charge is 0.260 e. The maximum Gasteiger partial charge on any atom is 0.260 e. The van der Waals surface area contributed by atoms with E-state index in [-0.39, 0.29) is 11.4 Å². The van der Waals surface area contributed by atoms with Crippen LogP contribution < -0.4 is 15.4 Å². The van der Waals surface area contributed by atoms with Gasteiger partial charge in [0.25, 0.3) is 5.91 Å². The molecule has 4 rings (SSSR count). The van der Waals surface area contributed by atoms with Gasteiger partial charge in [-0.3, -0.25) is 4.79 Å². The number of ether oxygens (including phenoxy) is 1. The number of carbonyl (C=O) groups is 1. The van der Waals surface area contributed by atoms with Crippen molar-refractivity contribution in [3.05, 3.63) is 94.4 Å². The fourth-order valence-electron chi connectivity index (χ4n) is 3.27. The zero-order chi connectivity index (χ0) is 23.4. The normalized spacial score (nSPS) is 16.7. The topological polar surface area (TPSA) is 50.4 Å². The number of hydrogen-bond acceptors (Lipinski definition) is 4. The van der Waals surface area contributed by atoms with Gasteiger partial charge in [0, 0.05) is 16.3 Å². The standard InChI is InChI=1S/C25H21ClI2N2O2S/c1-2-15-7-9-18(10-8-15)29-25-30-24(31)22(33-25)13-16-11-20(27)23(21(28)12-16)32-14-17-5-3-4-6-19(17)26/h3-13,25,29H,2,14H2,1H3,(H,30,31)/b22-13-/t25-/m0/s1. The van der Waals surface area contributed by atoms with Crippen LogP contribution in [0.3, 0.4) is 0 Å². The molecule has 1 saturated heterocycles. The Balaban J connectivity index is 1.44. The van der Waals surface area contributed by atoms with Crippen molar-refractivity contribution in [1.29, 1.82) is 0 Å². The molecule has 3 aromatic carbocycles. The minimum Gasteiger partial charge on any atom is -0.487 e. The third-order valence-electron chi connectivity index (χ3n) is 5.04. The summed E-state index contributed by atoms with van der Waals surface area (Å²) in [5.41, 5.74) is 3.97. The molecule has 0 bridgehead atoms. The highest BCUT2D eigenvalue weighted by Gasteiger charge is 2.27. The van der Waals surface area contributed by atoms with Crippen molar-refractivity contribution in [2.45, 2.75) is 25.4 Å². The molecule has 1 aliphatic heterocycles. The van der Waals surface area contributed by atoms with E-state index in [0.29, 0.717) is 16.5 Å². The van der Waals surface area contributed by atoms with Gasteiger partial charge in [0.05, 0.1) is 12.0 Å². The zero-order valence-corrected chi connectivity index (χ0v) is 23.6. The van der Waals surface area contributed by atoms with Crippen molar-refractivity contribution < 1.29 is 9.53 Å². The minimum atomic E-state index is -0.201. The molecule has 0 saturated carbocycles. The van der Waals surface area contributed by atoms with Gasteiger partial charge >= 0.3 is 0 Å². The molecule has 4 nitrogen and oxygen atoms in total. The summed E-state index contributed by atoms with van der Waals surface area (Å²) in [4.78, 5) is 13.2.